The van der Waals surface area contributed by atoms with Crippen LogP contribution >= 0.6 is 0 Å². The Balaban J connectivity index is 1.53. The Morgan fingerprint density at radius 2 is 1.91 bits per heavy atom. The van der Waals surface area contributed by atoms with Gasteiger partial charge in [-0.3, -0.25) is 19.4 Å². The maximum atomic E-state index is 13.4. The molecule has 2 unspecified atom stereocenters. The van der Waals surface area contributed by atoms with E-state index in [1.54, 1.807) is 6.92 Å². The molecule has 9 nitrogen and oxygen atoms in total. The lowest BCUT2D eigenvalue weighted by atomic mass is 9.77. The van der Waals surface area contributed by atoms with Crippen LogP contribution in [0.5, 0.6) is 0 Å². The number of carbonyl (C=O) groups is 2. The fourth-order valence-electron chi connectivity index (χ4n) is 5.09. The van der Waals surface area contributed by atoms with Crippen molar-refractivity contribution in [1.82, 2.24) is 9.97 Å². The molecule has 2 aromatic carbocycles. The number of hydrogen-bond acceptors (Lipinski definition) is 7. The molecule has 9 heteroatoms. The van der Waals surface area contributed by atoms with Crippen molar-refractivity contribution in [3.8, 4) is 6.07 Å². The fraction of sp³-hybridized carbons (Fsp3) is 0.346. The standard InChI is InChI=1S/C26H25N5O4/c1-2-35-25(34)16-10-12-31(13-11-16)26-29-22-21(24(33)30-26)20(19(14-27)23(32)28-22)18-9-5-7-15-6-3-4-8-17(15)18/h3-9,16,19-20H,2,10-13H2,1H3,(H2,28,29,30,32,33). The Hall–Kier alpha value is -4.19. The topological polar surface area (TPSA) is 128 Å². The molecule has 0 saturated carbocycles. The first-order valence-corrected chi connectivity index (χ1v) is 11.8. The van der Waals surface area contributed by atoms with Crippen LogP contribution in [0.1, 0.15) is 36.8 Å². The molecule has 0 bridgehead atoms. The average Bonchev–Trinajstić information content (AvgIpc) is 2.87. The molecule has 1 aromatic heterocycles. The number of piperidine rings is 1. The summed E-state index contributed by atoms with van der Waals surface area (Å²) in [6.45, 7) is 3.17. The van der Waals surface area contributed by atoms with Crippen molar-refractivity contribution >= 4 is 34.4 Å². The van der Waals surface area contributed by atoms with Gasteiger partial charge in [-0.25, -0.2) is 0 Å². The molecular formula is C26H25N5O4. The summed E-state index contributed by atoms with van der Waals surface area (Å²) < 4.78 is 5.13. The van der Waals surface area contributed by atoms with Gasteiger partial charge in [-0.1, -0.05) is 42.5 Å². The number of H-pyrrole nitrogens is 1. The monoisotopic (exact) mass is 471 g/mol. The number of aromatic amines is 1. The third kappa shape index (κ3) is 4.01. The number of nitriles is 1. The summed E-state index contributed by atoms with van der Waals surface area (Å²) in [7, 11) is 0. The third-order valence-electron chi connectivity index (χ3n) is 6.82. The van der Waals surface area contributed by atoms with E-state index in [9.17, 15) is 19.6 Å². The van der Waals surface area contributed by atoms with Crippen molar-refractivity contribution in [2.75, 3.05) is 29.9 Å². The number of fused-ring (bicyclic) bond motifs is 2. The Morgan fingerprint density at radius 1 is 1.17 bits per heavy atom. The molecule has 2 N–H and O–H groups in total. The van der Waals surface area contributed by atoms with Crippen molar-refractivity contribution < 1.29 is 14.3 Å². The van der Waals surface area contributed by atoms with E-state index < -0.39 is 23.3 Å². The van der Waals surface area contributed by atoms with Crippen LogP contribution in [0.3, 0.4) is 0 Å². The number of anilines is 2. The van der Waals surface area contributed by atoms with E-state index in [1.165, 1.54) is 0 Å². The number of esters is 1. The number of amides is 1. The molecule has 0 spiro atoms. The highest BCUT2D eigenvalue weighted by Gasteiger charge is 2.41. The number of hydrogen-bond donors (Lipinski definition) is 2. The van der Waals surface area contributed by atoms with Gasteiger partial charge in [0.05, 0.1) is 24.2 Å². The van der Waals surface area contributed by atoms with Gasteiger partial charge < -0.3 is 15.0 Å². The Kier molecular flexibility index (Phi) is 5.95. The van der Waals surface area contributed by atoms with E-state index in [4.69, 9.17) is 4.74 Å². The van der Waals surface area contributed by atoms with E-state index >= 15 is 0 Å². The summed E-state index contributed by atoms with van der Waals surface area (Å²) in [6, 6.07) is 15.5. The minimum absolute atomic E-state index is 0.172. The Bertz CT molecular complexity index is 1400. The summed E-state index contributed by atoms with van der Waals surface area (Å²) >= 11 is 0. The van der Waals surface area contributed by atoms with Crippen LogP contribution in [-0.2, 0) is 14.3 Å². The van der Waals surface area contributed by atoms with E-state index in [0.29, 0.717) is 38.5 Å². The first-order chi connectivity index (χ1) is 17.0. The fourth-order valence-corrected chi connectivity index (χ4v) is 5.09. The predicted molar refractivity (Wildman–Crippen MR) is 130 cm³/mol. The van der Waals surface area contributed by atoms with Crippen LogP contribution in [-0.4, -0.2) is 41.5 Å². The Morgan fingerprint density at radius 3 is 2.66 bits per heavy atom. The van der Waals surface area contributed by atoms with Crippen molar-refractivity contribution in [1.29, 1.82) is 5.26 Å². The van der Waals surface area contributed by atoms with E-state index in [0.717, 1.165) is 16.3 Å². The number of carbonyl (C=O) groups excluding carboxylic acids is 2. The van der Waals surface area contributed by atoms with Gasteiger partial charge in [0.1, 0.15) is 11.7 Å². The minimum atomic E-state index is -1.07. The molecule has 0 aliphatic carbocycles. The maximum Gasteiger partial charge on any atom is 0.309 e. The molecule has 35 heavy (non-hydrogen) atoms. The van der Waals surface area contributed by atoms with Crippen molar-refractivity contribution in [2.24, 2.45) is 11.8 Å². The van der Waals surface area contributed by atoms with Gasteiger partial charge in [-0.05, 0) is 36.1 Å². The second-order valence-corrected chi connectivity index (χ2v) is 8.81. The number of ether oxygens (including phenoxy) is 1. The van der Waals surface area contributed by atoms with Crippen LogP contribution in [0.4, 0.5) is 11.8 Å². The van der Waals surface area contributed by atoms with E-state index in [1.807, 2.05) is 47.4 Å². The predicted octanol–water partition coefficient (Wildman–Crippen LogP) is 2.93. The van der Waals surface area contributed by atoms with Crippen LogP contribution in [0, 0.1) is 23.2 Å². The lowest BCUT2D eigenvalue weighted by Crippen LogP contribution is -2.41. The molecule has 2 atom stereocenters. The number of rotatable bonds is 4. The van der Waals surface area contributed by atoms with Crippen LogP contribution in [0.25, 0.3) is 10.8 Å². The number of nitrogens with zero attached hydrogens (tertiary/aromatic N) is 3. The van der Waals surface area contributed by atoms with Gasteiger partial charge in [0, 0.05) is 19.0 Å². The Labute approximate surface area is 201 Å². The molecule has 2 aliphatic heterocycles. The van der Waals surface area contributed by atoms with Gasteiger partial charge >= 0.3 is 5.97 Å². The largest absolute Gasteiger partial charge is 0.466 e. The zero-order chi connectivity index (χ0) is 24.5. The molecule has 1 saturated heterocycles. The van der Waals surface area contributed by atoms with Crippen molar-refractivity contribution in [3.05, 3.63) is 63.9 Å². The van der Waals surface area contributed by atoms with E-state index in [-0.39, 0.29) is 23.3 Å². The summed E-state index contributed by atoms with van der Waals surface area (Å²) in [5.74, 6) is -2.18. The first-order valence-electron chi connectivity index (χ1n) is 11.8. The van der Waals surface area contributed by atoms with Crippen LogP contribution < -0.4 is 15.8 Å². The summed E-state index contributed by atoms with van der Waals surface area (Å²) in [5.41, 5.74) is 0.620. The van der Waals surface area contributed by atoms with Gasteiger partial charge in [-0.15, -0.1) is 0 Å². The van der Waals surface area contributed by atoms with Crippen molar-refractivity contribution in [3.63, 3.8) is 0 Å². The number of benzene rings is 2. The number of nitrogens with one attached hydrogen (secondary N) is 2. The number of aromatic nitrogens is 2. The quantitative estimate of drug-likeness (QED) is 0.560. The molecule has 5 rings (SSSR count). The highest BCUT2D eigenvalue weighted by molar-refractivity contribution is 5.99. The zero-order valence-electron chi connectivity index (χ0n) is 19.3. The maximum absolute atomic E-state index is 13.4. The third-order valence-corrected chi connectivity index (χ3v) is 6.82. The summed E-state index contributed by atoms with van der Waals surface area (Å²) in [6.07, 6.45) is 1.17. The smallest absolute Gasteiger partial charge is 0.309 e. The van der Waals surface area contributed by atoms with Crippen LogP contribution in [0.15, 0.2) is 47.3 Å². The lowest BCUT2D eigenvalue weighted by Gasteiger charge is -2.33. The first kappa shape index (κ1) is 22.6. The highest BCUT2D eigenvalue weighted by Crippen LogP contribution is 2.41. The minimum Gasteiger partial charge on any atom is -0.466 e. The highest BCUT2D eigenvalue weighted by atomic mass is 16.5. The molecule has 2 aliphatic rings. The molecular weight excluding hydrogens is 446 g/mol. The molecule has 1 amide bonds. The van der Waals surface area contributed by atoms with E-state index in [2.05, 4.69) is 21.4 Å². The molecule has 3 heterocycles. The molecule has 1 fully saturated rings. The van der Waals surface area contributed by atoms with Gasteiger partial charge in [0.15, 0.2) is 0 Å². The van der Waals surface area contributed by atoms with Gasteiger partial charge in [0.25, 0.3) is 5.56 Å². The second kappa shape index (κ2) is 9.22. The summed E-state index contributed by atoms with van der Waals surface area (Å²) in [4.78, 5) is 47.8. The van der Waals surface area contributed by atoms with Crippen LogP contribution in [0.2, 0.25) is 0 Å². The summed E-state index contributed by atoms with van der Waals surface area (Å²) in [5, 5.41) is 14.4. The lowest BCUT2D eigenvalue weighted by molar-refractivity contribution is -0.148. The zero-order valence-corrected chi connectivity index (χ0v) is 19.3. The molecule has 178 valence electrons. The SMILES string of the molecule is CCOC(=O)C1CCN(c2nc3c(c(=O)[nH]2)C(c2cccc4ccccc24)C(C#N)C(=O)N3)CC1. The average molecular weight is 472 g/mol. The van der Waals surface area contributed by atoms with Gasteiger partial charge in [-0.2, -0.15) is 10.2 Å². The molecule has 0 radical (unpaired) electrons. The normalized spacial score (nSPS) is 20.1. The van der Waals surface area contributed by atoms with Crippen molar-refractivity contribution in [2.45, 2.75) is 25.7 Å². The molecule has 3 aromatic rings. The second-order valence-electron chi connectivity index (χ2n) is 8.81. The van der Waals surface area contributed by atoms with Gasteiger partial charge in [0.2, 0.25) is 11.9 Å².